The van der Waals surface area contributed by atoms with Crippen LogP contribution in [0.1, 0.15) is 21.1 Å². The molecule has 0 fully saturated rings. The minimum atomic E-state index is 0.00446. The molecule has 0 atom stereocenters. The van der Waals surface area contributed by atoms with Gasteiger partial charge >= 0.3 is 0 Å². The molecule has 1 aliphatic heterocycles. The molecule has 3 aromatic heterocycles. The minimum absolute atomic E-state index is 0.00446. The van der Waals surface area contributed by atoms with E-state index in [-0.39, 0.29) is 5.91 Å². The Labute approximate surface area is 153 Å². The number of thiophene rings is 1. The topological polar surface area (TPSA) is 71.1 Å². The van der Waals surface area contributed by atoms with Gasteiger partial charge in [0.2, 0.25) is 5.88 Å². The van der Waals surface area contributed by atoms with E-state index >= 15 is 0 Å². The summed E-state index contributed by atoms with van der Waals surface area (Å²) in [6.45, 7) is 1.16. The van der Waals surface area contributed by atoms with Crippen LogP contribution in [0.4, 0.5) is 0 Å². The first-order valence-electron chi connectivity index (χ1n) is 7.77. The number of pyridine rings is 1. The summed E-state index contributed by atoms with van der Waals surface area (Å²) in [7, 11) is 1.58. The molecule has 3 aromatic rings. The number of carbonyl (C=O) groups excluding carboxylic acids is 1. The zero-order valence-electron chi connectivity index (χ0n) is 13.5. The van der Waals surface area contributed by atoms with E-state index in [1.165, 1.54) is 11.3 Å². The predicted octanol–water partition coefficient (Wildman–Crippen LogP) is 3.39. The number of fused-ring (bicyclic) bond motifs is 1. The summed E-state index contributed by atoms with van der Waals surface area (Å²) in [5.41, 5.74) is 2.85. The lowest BCUT2D eigenvalue weighted by molar-refractivity contribution is 0.0737. The fourth-order valence-corrected chi connectivity index (χ4v) is 3.84. The number of rotatable bonds is 3. The van der Waals surface area contributed by atoms with Crippen LogP contribution in [0.5, 0.6) is 5.88 Å². The Hall–Kier alpha value is -2.38. The highest BCUT2D eigenvalue weighted by Gasteiger charge is 2.25. The molecule has 0 bridgehead atoms. The molecule has 4 rings (SSSR count). The maximum absolute atomic E-state index is 12.6. The molecular weight excluding hydrogens is 360 g/mol. The SMILES string of the molecule is COc1ccc(-c2nc3c([nH]2)CN(C(=O)c2ccc(Cl)s2)CC3)cn1. The monoisotopic (exact) mass is 374 g/mol. The van der Waals surface area contributed by atoms with E-state index in [4.69, 9.17) is 16.3 Å². The number of methoxy groups -OCH3 is 1. The number of imidazole rings is 1. The maximum atomic E-state index is 12.6. The van der Waals surface area contributed by atoms with Crippen LogP contribution in [0, 0.1) is 0 Å². The average Bonchev–Trinajstić information content (AvgIpc) is 3.26. The second kappa shape index (κ2) is 6.50. The van der Waals surface area contributed by atoms with E-state index in [2.05, 4.69) is 15.0 Å². The van der Waals surface area contributed by atoms with Gasteiger partial charge in [-0.1, -0.05) is 11.6 Å². The van der Waals surface area contributed by atoms with E-state index in [1.54, 1.807) is 31.5 Å². The molecule has 25 heavy (non-hydrogen) atoms. The molecular formula is C17H15ClN4O2S. The fraction of sp³-hybridized carbons (Fsp3) is 0.235. The van der Waals surface area contributed by atoms with Crippen LogP contribution < -0.4 is 4.74 Å². The van der Waals surface area contributed by atoms with Crippen molar-refractivity contribution in [3.8, 4) is 17.3 Å². The average molecular weight is 375 g/mol. The van der Waals surface area contributed by atoms with Crippen molar-refractivity contribution in [1.29, 1.82) is 0 Å². The van der Waals surface area contributed by atoms with Gasteiger partial charge in [0.25, 0.3) is 5.91 Å². The van der Waals surface area contributed by atoms with Crippen molar-refractivity contribution >= 4 is 28.8 Å². The third-order valence-corrected chi connectivity index (χ3v) is 5.34. The molecule has 1 aliphatic rings. The maximum Gasteiger partial charge on any atom is 0.264 e. The third kappa shape index (κ3) is 3.12. The first-order valence-corrected chi connectivity index (χ1v) is 8.96. The number of aromatic nitrogens is 3. The van der Waals surface area contributed by atoms with Gasteiger partial charge in [-0.3, -0.25) is 4.79 Å². The number of amides is 1. The number of ether oxygens (including phenoxy) is 1. The van der Waals surface area contributed by atoms with Crippen molar-refractivity contribution in [3.63, 3.8) is 0 Å². The summed E-state index contributed by atoms with van der Waals surface area (Å²) >= 11 is 7.24. The van der Waals surface area contributed by atoms with E-state index in [0.717, 1.165) is 29.2 Å². The van der Waals surface area contributed by atoms with Crippen molar-refractivity contribution in [2.24, 2.45) is 0 Å². The van der Waals surface area contributed by atoms with Crippen molar-refractivity contribution < 1.29 is 9.53 Å². The van der Waals surface area contributed by atoms with Crippen LogP contribution in [-0.2, 0) is 13.0 Å². The molecule has 1 N–H and O–H groups in total. The summed E-state index contributed by atoms with van der Waals surface area (Å²) in [5, 5.41) is 0. The third-order valence-electron chi connectivity index (χ3n) is 4.12. The molecule has 0 saturated carbocycles. The van der Waals surface area contributed by atoms with Crippen LogP contribution in [0.3, 0.4) is 0 Å². The van der Waals surface area contributed by atoms with Gasteiger partial charge in [-0.25, -0.2) is 9.97 Å². The normalized spacial score (nSPS) is 13.6. The van der Waals surface area contributed by atoms with Gasteiger partial charge in [0.15, 0.2) is 0 Å². The zero-order valence-corrected chi connectivity index (χ0v) is 15.0. The number of hydrogen-bond acceptors (Lipinski definition) is 5. The fourth-order valence-electron chi connectivity index (χ4n) is 2.83. The highest BCUT2D eigenvalue weighted by atomic mass is 35.5. The first kappa shape index (κ1) is 16.1. The Morgan fingerprint density at radius 2 is 2.24 bits per heavy atom. The summed E-state index contributed by atoms with van der Waals surface area (Å²) in [6, 6.07) is 7.23. The standard InChI is InChI=1S/C17H15ClN4O2S/c1-24-15-5-2-10(8-19-15)16-20-11-6-7-22(9-12(11)21-16)17(23)13-3-4-14(18)25-13/h2-5,8H,6-7,9H2,1H3,(H,20,21). The Balaban J connectivity index is 1.55. The molecule has 0 unspecified atom stereocenters. The number of hydrogen-bond donors (Lipinski definition) is 1. The minimum Gasteiger partial charge on any atom is -0.481 e. The van der Waals surface area contributed by atoms with Crippen molar-refractivity contribution in [1.82, 2.24) is 19.9 Å². The molecule has 4 heterocycles. The number of aromatic amines is 1. The second-order valence-electron chi connectivity index (χ2n) is 5.68. The van der Waals surface area contributed by atoms with E-state index in [0.29, 0.717) is 28.2 Å². The van der Waals surface area contributed by atoms with Crippen LogP contribution in [0.25, 0.3) is 11.4 Å². The highest BCUT2D eigenvalue weighted by molar-refractivity contribution is 7.17. The smallest absolute Gasteiger partial charge is 0.264 e. The molecule has 128 valence electrons. The van der Waals surface area contributed by atoms with Crippen molar-refractivity contribution in [2.75, 3.05) is 13.7 Å². The molecule has 0 aliphatic carbocycles. The number of nitrogens with zero attached hydrogens (tertiary/aromatic N) is 3. The molecule has 0 saturated heterocycles. The van der Waals surface area contributed by atoms with Gasteiger partial charge in [0, 0.05) is 30.8 Å². The molecule has 0 radical (unpaired) electrons. The lowest BCUT2D eigenvalue weighted by Gasteiger charge is -2.25. The number of carbonyl (C=O) groups is 1. The van der Waals surface area contributed by atoms with E-state index in [1.807, 2.05) is 11.0 Å². The predicted molar refractivity (Wildman–Crippen MR) is 96.1 cm³/mol. The summed E-state index contributed by atoms with van der Waals surface area (Å²) in [6.07, 6.45) is 2.44. The molecule has 0 aromatic carbocycles. The second-order valence-corrected chi connectivity index (χ2v) is 7.40. The number of halogens is 1. The Morgan fingerprint density at radius 1 is 1.36 bits per heavy atom. The lowest BCUT2D eigenvalue weighted by Crippen LogP contribution is -2.35. The summed E-state index contributed by atoms with van der Waals surface area (Å²) in [4.78, 5) is 27.2. The Morgan fingerprint density at radius 3 is 2.92 bits per heavy atom. The van der Waals surface area contributed by atoms with E-state index in [9.17, 15) is 4.79 Å². The number of nitrogens with one attached hydrogen (secondary N) is 1. The zero-order chi connectivity index (χ0) is 17.4. The van der Waals surface area contributed by atoms with Gasteiger partial charge in [-0.05, 0) is 18.2 Å². The first-order chi connectivity index (χ1) is 12.1. The quantitative estimate of drug-likeness (QED) is 0.762. The molecule has 0 spiro atoms. The van der Waals surface area contributed by atoms with Gasteiger partial charge in [-0.2, -0.15) is 0 Å². The Kier molecular flexibility index (Phi) is 4.19. The van der Waals surface area contributed by atoms with Crippen LogP contribution in [0.15, 0.2) is 30.5 Å². The van der Waals surface area contributed by atoms with Crippen LogP contribution in [0.2, 0.25) is 4.34 Å². The Bertz CT molecular complexity index is 919. The van der Waals surface area contributed by atoms with Crippen molar-refractivity contribution in [2.45, 2.75) is 13.0 Å². The lowest BCUT2D eigenvalue weighted by atomic mass is 10.1. The summed E-state index contributed by atoms with van der Waals surface area (Å²) in [5.74, 6) is 1.32. The van der Waals surface area contributed by atoms with Crippen LogP contribution in [-0.4, -0.2) is 39.4 Å². The highest BCUT2D eigenvalue weighted by Crippen LogP contribution is 2.27. The van der Waals surface area contributed by atoms with Gasteiger partial charge in [0.1, 0.15) is 5.82 Å². The van der Waals surface area contributed by atoms with Crippen molar-refractivity contribution in [3.05, 3.63) is 51.1 Å². The molecule has 6 nitrogen and oxygen atoms in total. The van der Waals surface area contributed by atoms with Gasteiger partial charge in [-0.15, -0.1) is 11.3 Å². The molecule has 1 amide bonds. The number of H-pyrrole nitrogens is 1. The largest absolute Gasteiger partial charge is 0.481 e. The van der Waals surface area contributed by atoms with Crippen LogP contribution >= 0.6 is 22.9 Å². The van der Waals surface area contributed by atoms with Gasteiger partial charge < -0.3 is 14.6 Å². The summed E-state index contributed by atoms with van der Waals surface area (Å²) < 4.78 is 5.70. The van der Waals surface area contributed by atoms with Gasteiger partial charge in [0.05, 0.1) is 34.3 Å². The van der Waals surface area contributed by atoms with E-state index < -0.39 is 0 Å². The molecule has 8 heteroatoms.